The monoisotopic (exact) mass is 232 g/mol. The Balaban J connectivity index is 2.25. The summed E-state index contributed by atoms with van der Waals surface area (Å²) in [5.74, 6) is 0.580. The third-order valence-electron chi connectivity index (χ3n) is 2.47. The van der Waals surface area contributed by atoms with Crippen molar-refractivity contribution in [2.45, 2.75) is 13.0 Å². The first-order chi connectivity index (χ1) is 8.20. The first-order valence-electron chi connectivity index (χ1n) is 5.24. The first-order valence-corrected chi connectivity index (χ1v) is 5.24. The Kier molecular flexibility index (Phi) is 3.30. The molecule has 5 heteroatoms. The average Bonchev–Trinajstić information content (AvgIpc) is 2.32. The lowest BCUT2D eigenvalue weighted by molar-refractivity contribution is 0.612. The van der Waals surface area contributed by atoms with Gasteiger partial charge in [-0.1, -0.05) is 18.2 Å². The standard InChI is InChI=1S/C12H13FN4/c13-10-4-2-1-3-8(10)5-11-16-7-9(6-14)12(15)17-11/h1-4,7H,5-6,14H2,(H2,15,16,17). The number of hydrogen-bond donors (Lipinski definition) is 2. The highest BCUT2D eigenvalue weighted by molar-refractivity contribution is 5.37. The highest BCUT2D eigenvalue weighted by Crippen LogP contribution is 2.12. The predicted octanol–water partition coefficient (Wildman–Crippen LogP) is 1.25. The molecule has 0 radical (unpaired) electrons. The van der Waals surface area contributed by atoms with Crippen molar-refractivity contribution in [1.29, 1.82) is 0 Å². The Morgan fingerprint density at radius 2 is 1.94 bits per heavy atom. The van der Waals surface area contributed by atoms with Crippen LogP contribution in [0.5, 0.6) is 0 Å². The summed E-state index contributed by atoms with van der Waals surface area (Å²) in [6.45, 7) is 0.297. The van der Waals surface area contributed by atoms with E-state index in [1.165, 1.54) is 6.07 Å². The van der Waals surface area contributed by atoms with E-state index in [9.17, 15) is 4.39 Å². The molecule has 0 aliphatic carbocycles. The number of anilines is 1. The zero-order valence-corrected chi connectivity index (χ0v) is 9.23. The van der Waals surface area contributed by atoms with Crippen molar-refractivity contribution in [3.8, 4) is 0 Å². The molecule has 0 saturated heterocycles. The van der Waals surface area contributed by atoms with Crippen LogP contribution in [0.2, 0.25) is 0 Å². The molecule has 4 nitrogen and oxygen atoms in total. The van der Waals surface area contributed by atoms with Crippen molar-refractivity contribution < 1.29 is 4.39 Å². The molecule has 0 spiro atoms. The van der Waals surface area contributed by atoms with Gasteiger partial charge in [-0.15, -0.1) is 0 Å². The summed E-state index contributed by atoms with van der Waals surface area (Å²) in [6, 6.07) is 6.53. The van der Waals surface area contributed by atoms with Gasteiger partial charge in [0.1, 0.15) is 17.5 Å². The Morgan fingerprint density at radius 1 is 1.18 bits per heavy atom. The second-order valence-electron chi connectivity index (χ2n) is 3.67. The molecule has 1 heterocycles. The van der Waals surface area contributed by atoms with Gasteiger partial charge in [-0.25, -0.2) is 14.4 Å². The Morgan fingerprint density at radius 3 is 2.59 bits per heavy atom. The molecule has 0 atom stereocenters. The van der Waals surface area contributed by atoms with E-state index in [2.05, 4.69) is 9.97 Å². The van der Waals surface area contributed by atoms with Crippen molar-refractivity contribution in [3.63, 3.8) is 0 Å². The van der Waals surface area contributed by atoms with Gasteiger partial charge in [-0.05, 0) is 11.6 Å². The Bertz CT molecular complexity index is 528. The maximum absolute atomic E-state index is 13.4. The van der Waals surface area contributed by atoms with Crippen molar-refractivity contribution >= 4 is 5.82 Å². The molecule has 0 amide bonds. The fraction of sp³-hybridized carbons (Fsp3) is 0.167. The van der Waals surface area contributed by atoms with Crippen LogP contribution in [0, 0.1) is 5.82 Å². The molecule has 17 heavy (non-hydrogen) atoms. The highest BCUT2D eigenvalue weighted by Gasteiger charge is 2.06. The number of nitrogens with two attached hydrogens (primary N) is 2. The van der Waals surface area contributed by atoms with E-state index in [0.717, 1.165) is 0 Å². The van der Waals surface area contributed by atoms with E-state index in [1.807, 2.05) is 0 Å². The summed E-state index contributed by atoms with van der Waals surface area (Å²) in [7, 11) is 0. The molecule has 2 rings (SSSR count). The van der Waals surface area contributed by atoms with Crippen LogP contribution in [-0.4, -0.2) is 9.97 Å². The molecule has 1 aromatic carbocycles. The SMILES string of the molecule is NCc1cnc(Cc2ccccc2F)nc1N. The van der Waals surface area contributed by atoms with Gasteiger partial charge in [0.2, 0.25) is 0 Å². The van der Waals surface area contributed by atoms with Gasteiger partial charge >= 0.3 is 0 Å². The van der Waals surface area contributed by atoms with Crippen molar-refractivity contribution in [1.82, 2.24) is 9.97 Å². The fourth-order valence-electron chi connectivity index (χ4n) is 1.51. The van der Waals surface area contributed by atoms with Crippen LogP contribution >= 0.6 is 0 Å². The van der Waals surface area contributed by atoms with Gasteiger partial charge in [0.05, 0.1) is 0 Å². The van der Waals surface area contributed by atoms with Crippen LogP contribution in [0.25, 0.3) is 0 Å². The van der Waals surface area contributed by atoms with Crippen molar-refractivity contribution in [3.05, 3.63) is 53.2 Å². The summed E-state index contributed by atoms with van der Waals surface area (Å²) < 4.78 is 13.4. The smallest absolute Gasteiger partial charge is 0.135 e. The second-order valence-corrected chi connectivity index (χ2v) is 3.67. The number of aromatic nitrogens is 2. The van der Waals surface area contributed by atoms with Gasteiger partial charge in [-0.2, -0.15) is 0 Å². The maximum Gasteiger partial charge on any atom is 0.135 e. The molecule has 0 unspecified atom stereocenters. The predicted molar refractivity (Wildman–Crippen MR) is 63.5 cm³/mol. The number of benzene rings is 1. The van der Waals surface area contributed by atoms with Gasteiger partial charge in [0, 0.05) is 24.7 Å². The average molecular weight is 232 g/mol. The van der Waals surface area contributed by atoms with Crippen molar-refractivity contribution in [2.24, 2.45) is 5.73 Å². The molecule has 0 saturated carbocycles. The zero-order valence-electron chi connectivity index (χ0n) is 9.23. The van der Waals surface area contributed by atoms with E-state index in [4.69, 9.17) is 11.5 Å². The quantitative estimate of drug-likeness (QED) is 0.834. The third-order valence-corrected chi connectivity index (χ3v) is 2.47. The van der Waals surface area contributed by atoms with Crippen LogP contribution in [0.4, 0.5) is 10.2 Å². The van der Waals surface area contributed by atoms with Crippen LogP contribution in [0.1, 0.15) is 17.0 Å². The van der Waals surface area contributed by atoms with E-state index >= 15 is 0 Å². The molecule has 0 fully saturated rings. The summed E-state index contributed by atoms with van der Waals surface area (Å²) in [5, 5.41) is 0. The molecule has 0 aliphatic heterocycles. The minimum atomic E-state index is -0.266. The van der Waals surface area contributed by atoms with Crippen LogP contribution in [-0.2, 0) is 13.0 Å². The molecule has 0 aliphatic rings. The normalized spacial score (nSPS) is 10.5. The number of halogens is 1. The summed E-state index contributed by atoms with van der Waals surface area (Å²) in [6.07, 6.45) is 1.90. The lowest BCUT2D eigenvalue weighted by Gasteiger charge is -2.05. The van der Waals surface area contributed by atoms with E-state index < -0.39 is 0 Å². The largest absolute Gasteiger partial charge is 0.383 e. The minimum Gasteiger partial charge on any atom is -0.383 e. The summed E-state index contributed by atoms with van der Waals surface area (Å²) in [4.78, 5) is 8.21. The molecule has 4 N–H and O–H groups in total. The number of nitrogens with zero attached hydrogens (tertiary/aromatic N) is 2. The summed E-state index contributed by atoms with van der Waals surface area (Å²) >= 11 is 0. The van der Waals surface area contributed by atoms with Crippen LogP contribution < -0.4 is 11.5 Å². The fourth-order valence-corrected chi connectivity index (χ4v) is 1.51. The molecule has 2 aromatic rings. The second kappa shape index (κ2) is 4.88. The van der Waals surface area contributed by atoms with Crippen molar-refractivity contribution in [2.75, 3.05) is 5.73 Å². The number of rotatable bonds is 3. The molecular formula is C12H13FN4. The minimum absolute atomic E-state index is 0.266. The lowest BCUT2D eigenvalue weighted by Crippen LogP contribution is -2.08. The zero-order chi connectivity index (χ0) is 12.3. The van der Waals surface area contributed by atoms with E-state index in [1.54, 1.807) is 24.4 Å². The van der Waals surface area contributed by atoms with Gasteiger partial charge in [-0.3, -0.25) is 0 Å². The van der Waals surface area contributed by atoms with Crippen LogP contribution in [0.15, 0.2) is 30.5 Å². The first kappa shape index (κ1) is 11.5. The number of nitrogen functional groups attached to an aromatic ring is 1. The third kappa shape index (κ3) is 2.57. The van der Waals surface area contributed by atoms with Gasteiger partial charge in [0.15, 0.2) is 0 Å². The lowest BCUT2D eigenvalue weighted by atomic mass is 10.1. The topological polar surface area (TPSA) is 77.8 Å². The van der Waals surface area contributed by atoms with E-state index in [-0.39, 0.29) is 5.82 Å². The molecule has 1 aromatic heterocycles. The van der Waals surface area contributed by atoms with Crippen LogP contribution in [0.3, 0.4) is 0 Å². The maximum atomic E-state index is 13.4. The Hall–Kier alpha value is -2.01. The highest BCUT2D eigenvalue weighted by atomic mass is 19.1. The molecule has 88 valence electrons. The van der Waals surface area contributed by atoms with Gasteiger partial charge in [0.25, 0.3) is 0 Å². The number of hydrogen-bond acceptors (Lipinski definition) is 4. The summed E-state index contributed by atoms with van der Waals surface area (Å²) in [5.41, 5.74) is 12.4. The Labute approximate surface area is 98.5 Å². The van der Waals surface area contributed by atoms with Gasteiger partial charge < -0.3 is 11.5 Å². The molecular weight excluding hydrogens is 219 g/mol. The molecule has 0 bridgehead atoms. The van der Waals surface area contributed by atoms with E-state index in [0.29, 0.717) is 35.7 Å².